The molecule has 1 fully saturated rings. The summed E-state index contributed by atoms with van der Waals surface area (Å²) < 4.78 is 5.52. The van der Waals surface area contributed by atoms with Gasteiger partial charge in [-0.1, -0.05) is 35.9 Å². The molecule has 5 rings (SSSR count). The lowest BCUT2D eigenvalue weighted by Gasteiger charge is -2.21. The second kappa shape index (κ2) is 9.44. The standard InChI is InChI=1S/C31H28ClNO5/c1-17-7-5-10-25-27(17)23(16-22-20(18-11-12-18)8-6-9-24(22)32)28(34)33(25)19-13-14-21(29(35)36)26(15-19)38-30(37)31(2,3)4/h5-10,13-16,18H,11-12H2,1-4H3,(H,35,36)/b23-16-. The van der Waals surface area contributed by atoms with Crippen LogP contribution < -0.4 is 9.64 Å². The Morgan fingerprint density at radius 1 is 1.08 bits per heavy atom. The molecule has 0 unspecified atom stereocenters. The molecule has 7 heteroatoms. The molecule has 0 aromatic heterocycles. The highest BCUT2D eigenvalue weighted by Gasteiger charge is 2.36. The molecule has 1 N–H and O–H groups in total. The number of hydrogen-bond donors (Lipinski definition) is 1. The van der Waals surface area contributed by atoms with Crippen molar-refractivity contribution < 1.29 is 24.2 Å². The maximum absolute atomic E-state index is 14.0. The molecule has 1 saturated carbocycles. The van der Waals surface area contributed by atoms with Crippen molar-refractivity contribution in [1.82, 2.24) is 0 Å². The first-order chi connectivity index (χ1) is 18.0. The fraction of sp³-hybridized carbons (Fsp3) is 0.258. The van der Waals surface area contributed by atoms with Crippen molar-refractivity contribution in [2.45, 2.75) is 46.5 Å². The van der Waals surface area contributed by atoms with Gasteiger partial charge in [0, 0.05) is 16.7 Å². The lowest BCUT2D eigenvalue weighted by molar-refractivity contribution is -0.143. The van der Waals surface area contributed by atoms with E-state index in [9.17, 15) is 19.5 Å². The molecular weight excluding hydrogens is 502 g/mol. The maximum atomic E-state index is 14.0. The number of ether oxygens (including phenoxy) is 1. The summed E-state index contributed by atoms with van der Waals surface area (Å²) >= 11 is 6.63. The molecule has 1 heterocycles. The molecule has 0 spiro atoms. The quantitative estimate of drug-likeness (QED) is 0.211. The summed E-state index contributed by atoms with van der Waals surface area (Å²) in [6, 6.07) is 15.8. The van der Waals surface area contributed by atoms with Crippen LogP contribution in [0.4, 0.5) is 11.4 Å². The normalized spacial score (nSPS) is 16.1. The van der Waals surface area contributed by atoms with Gasteiger partial charge in [-0.2, -0.15) is 0 Å². The minimum absolute atomic E-state index is 0.114. The van der Waals surface area contributed by atoms with Gasteiger partial charge in [-0.15, -0.1) is 0 Å². The molecule has 6 nitrogen and oxygen atoms in total. The van der Waals surface area contributed by atoms with Gasteiger partial charge in [-0.25, -0.2) is 4.79 Å². The number of aryl methyl sites for hydroxylation is 1. The number of benzene rings is 3. The first-order valence-electron chi connectivity index (χ1n) is 12.5. The third kappa shape index (κ3) is 4.61. The maximum Gasteiger partial charge on any atom is 0.339 e. The SMILES string of the molecule is Cc1cccc2c1/C(=C/c1c(Cl)cccc1C1CC1)C(=O)N2c1ccc(C(=O)O)c(OC(=O)C(C)(C)C)c1. The van der Waals surface area contributed by atoms with Crippen LogP contribution in [0.2, 0.25) is 5.02 Å². The predicted octanol–water partition coefficient (Wildman–Crippen LogP) is 7.39. The minimum Gasteiger partial charge on any atom is -0.478 e. The molecule has 3 aromatic rings. The molecule has 0 saturated heterocycles. The number of hydrogen-bond acceptors (Lipinski definition) is 4. The zero-order chi connectivity index (χ0) is 27.4. The van der Waals surface area contributed by atoms with E-state index in [0.717, 1.165) is 35.1 Å². The van der Waals surface area contributed by atoms with E-state index in [1.165, 1.54) is 17.0 Å². The Kier molecular flexibility index (Phi) is 6.40. The van der Waals surface area contributed by atoms with E-state index in [2.05, 4.69) is 6.07 Å². The van der Waals surface area contributed by atoms with Gasteiger partial charge in [0.1, 0.15) is 11.3 Å². The van der Waals surface area contributed by atoms with Crippen LogP contribution in [-0.2, 0) is 9.59 Å². The monoisotopic (exact) mass is 529 g/mol. The first kappa shape index (κ1) is 25.7. The van der Waals surface area contributed by atoms with Gasteiger partial charge in [0.25, 0.3) is 5.91 Å². The number of halogens is 1. The number of rotatable bonds is 5. The van der Waals surface area contributed by atoms with Crippen molar-refractivity contribution in [2.75, 3.05) is 4.90 Å². The molecule has 0 radical (unpaired) electrons. The average molecular weight is 530 g/mol. The fourth-order valence-corrected chi connectivity index (χ4v) is 4.92. The van der Waals surface area contributed by atoms with E-state index in [1.807, 2.05) is 43.3 Å². The summed E-state index contributed by atoms with van der Waals surface area (Å²) in [6.07, 6.45) is 4.06. The van der Waals surface area contributed by atoms with Crippen molar-refractivity contribution in [1.29, 1.82) is 0 Å². The number of carboxylic acids is 1. The lowest BCUT2D eigenvalue weighted by Crippen LogP contribution is -2.26. The summed E-state index contributed by atoms with van der Waals surface area (Å²) in [6.45, 7) is 7.00. The highest BCUT2D eigenvalue weighted by atomic mass is 35.5. The van der Waals surface area contributed by atoms with E-state index < -0.39 is 17.4 Å². The van der Waals surface area contributed by atoms with Crippen LogP contribution in [0.5, 0.6) is 5.75 Å². The molecule has 0 bridgehead atoms. The largest absolute Gasteiger partial charge is 0.478 e. The third-order valence-corrected chi connectivity index (χ3v) is 7.19. The van der Waals surface area contributed by atoms with Gasteiger partial charge in [0.15, 0.2) is 0 Å². The predicted molar refractivity (Wildman–Crippen MR) is 148 cm³/mol. The number of aromatic carboxylic acids is 1. The molecule has 1 amide bonds. The molecular formula is C31H28ClNO5. The Bertz CT molecular complexity index is 1530. The third-order valence-electron chi connectivity index (χ3n) is 6.86. The van der Waals surface area contributed by atoms with Crippen LogP contribution in [0, 0.1) is 12.3 Å². The van der Waals surface area contributed by atoms with Crippen LogP contribution in [0.1, 0.15) is 72.1 Å². The number of carboxylic acid groups (broad SMARTS) is 1. The van der Waals surface area contributed by atoms with Gasteiger partial charge < -0.3 is 9.84 Å². The number of amides is 1. The minimum atomic E-state index is -1.23. The average Bonchev–Trinajstić information content (AvgIpc) is 3.64. The van der Waals surface area contributed by atoms with E-state index in [-0.39, 0.29) is 17.2 Å². The number of nitrogens with zero attached hydrogens (tertiary/aromatic N) is 1. The van der Waals surface area contributed by atoms with Gasteiger partial charge in [0.05, 0.1) is 22.4 Å². The van der Waals surface area contributed by atoms with Crippen molar-refractivity contribution in [2.24, 2.45) is 5.41 Å². The fourth-order valence-electron chi connectivity index (χ4n) is 4.68. The Balaban J connectivity index is 1.65. The topological polar surface area (TPSA) is 83.9 Å². The Labute approximate surface area is 226 Å². The molecule has 0 atom stereocenters. The summed E-state index contributed by atoms with van der Waals surface area (Å²) in [4.78, 5) is 40.0. The zero-order valence-corrected chi connectivity index (χ0v) is 22.4. The van der Waals surface area contributed by atoms with Gasteiger partial charge >= 0.3 is 11.9 Å². The van der Waals surface area contributed by atoms with Crippen molar-refractivity contribution in [3.05, 3.63) is 87.4 Å². The van der Waals surface area contributed by atoms with Crippen LogP contribution in [0.3, 0.4) is 0 Å². The van der Waals surface area contributed by atoms with Crippen LogP contribution in [0.25, 0.3) is 11.6 Å². The molecule has 3 aromatic carbocycles. The van der Waals surface area contributed by atoms with Crippen molar-refractivity contribution >= 4 is 52.5 Å². The van der Waals surface area contributed by atoms with Crippen molar-refractivity contribution in [3.8, 4) is 5.75 Å². The van der Waals surface area contributed by atoms with Crippen molar-refractivity contribution in [3.63, 3.8) is 0 Å². The number of esters is 1. The van der Waals surface area contributed by atoms with E-state index in [1.54, 1.807) is 26.8 Å². The van der Waals surface area contributed by atoms with Gasteiger partial charge in [-0.05, 0) is 93.5 Å². The van der Waals surface area contributed by atoms with E-state index in [4.69, 9.17) is 16.3 Å². The van der Waals surface area contributed by atoms with Gasteiger partial charge in [-0.3, -0.25) is 14.5 Å². The smallest absolute Gasteiger partial charge is 0.339 e. The summed E-state index contributed by atoms with van der Waals surface area (Å²) in [5, 5.41) is 10.3. The Hall–Kier alpha value is -3.90. The number of carbonyl (C=O) groups is 3. The first-order valence-corrected chi connectivity index (χ1v) is 12.9. The molecule has 194 valence electrons. The summed E-state index contributed by atoms with van der Waals surface area (Å²) in [7, 11) is 0. The lowest BCUT2D eigenvalue weighted by atomic mass is 9.96. The van der Waals surface area contributed by atoms with Gasteiger partial charge in [0.2, 0.25) is 0 Å². The van der Waals surface area contributed by atoms with E-state index in [0.29, 0.717) is 27.9 Å². The second-order valence-electron chi connectivity index (χ2n) is 10.8. The van der Waals surface area contributed by atoms with Crippen LogP contribution in [0.15, 0.2) is 54.6 Å². The highest BCUT2D eigenvalue weighted by molar-refractivity contribution is 6.39. The molecule has 38 heavy (non-hydrogen) atoms. The second-order valence-corrected chi connectivity index (χ2v) is 11.2. The number of anilines is 2. The summed E-state index contributed by atoms with van der Waals surface area (Å²) in [5.74, 6) is -1.76. The number of fused-ring (bicyclic) bond motifs is 1. The molecule has 2 aliphatic rings. The summed E-state index contributed by atoms with van der Waals surface area (Å²) in [5.41, 5.74) is 4.24. The zero-order valence-electron chi connectivity index (χ0n) is 21.7. The Morgan fingerprint density at radius 3 is 2.45 bits per heavy atom. The van der Waals surface area contributed by atoms with Crippen LogP contribution >= 0.6 is 11.6 Å². The highest BCUT2D eigenvalue weighted by Crippen LogP contribution is 2.48. The van der Waals surface area contributed by atoms with E-state index >= 15 is 0 Å². The van der Waals surface area contributed by atoms with Crippen LogP contribution in [-0.4, -0.2) is 23.0 Å². The Morgan fingerprint density at radius 2 is 1.79 bits per heavy atom. The molecule has 1 aliphatic carbocycles. The number of carbonyl (C=O) groups excluding carboxylic acids is 2. The molecule has 1 aliphatic heterocycles.